The van der Waals surface area contributed by atoms with Gasteiger partial charge in [0.25, 0.3) is 0 Å². The largest absolute Gasteiger partial charge is 0.380 e. The molecule has 0 amide bonds. The highest BCUT2D eigenvalue weighted by Gasteiger charge is 2.14. The summed E-state index contributed by atoms with van der Waals surface area (Å²) in [6.07, 6.45) is 0.288. The molecule has 0 saturated heterocycles. The van der Waals surface area contributed by atoms with E-state index in [4.69, 9.17) is 15.0 Å². The van der Waals surface area contributed by atoms with E-state index in [1.807, 2.05) is 0 Å². The number of nitrogens with zero attached hydrogens (tertiary/aromatic N) is 2. The van der Waals surface area contributed by atoms with Crippen molar-refractivity contribution < 1.29 is 13.7 Å². The van der Waals surface area contributed by atoms with Crippen LogP contribution in [0.25, 0.3) is 11.4 Å². The monoisotopic (exact) mass is 329 g/mol. The van der Waals surface area contributed by atoms with Crippen LogP contribution in [0.3, 0.4) is 0 Å². The van der Waals surface area contributed by atoms with Crippen LogP contribution in [0.2, 0.25) is 0 Å². The van der Waals surface area contributed by atoms with Crippen LogP contribution in [0, 0.1) is 5.82 Å². The molecule has 1 aromatic heterocycles. The van der Waals surface area contributed by atoms with Gasteiger partial charge in [0.15, 0.2) is 0 Å². The summed E-state index contributed by atoms with van der Waals surface area (Å²) in [5, 5.41) is 3.85. The summed E-state index contributed by atoms with van der Waals surface area (Å²) in [6, 6.07) is 4.53. The van der Waals surface area contributed by atoms with E-state index >= 15 is 0 Å². The first-order valence-electron chi connectivity index (χ1n) is 5.65. The molecular formula is C12H13BrFN3O2. The quantitative estimate of drug-likeness (QED) is 0.909. The van der Waals surface area contributed by atoms with E-state index in [9.17, 15) is 4.39 Å². The molecule has 2 rings (SSSR count). The fourth-order valence-electron chi connectivity index (χ4n) is 1.55. The van der Waals surface area contributed by atoms with Crippen LogP contribution < -0.4 is 5.73 Å². The Hall–Kier alpha value is -1.31. The van der Waals surface area contributed by atoms with Gasteiger partial charge < -0.3 is 15.0 Å². The first-order chi connectivity index (χ1) is 9.13. The summed E-state index contributed by atoms with van der Waals surface area (Å²) in [4.78, 5) is 4.23. The Morgan fingerprint density at radius 3 is 2.95 bits per heavy atom. The summed E-state index contributed by atoms with van der Waals surface area (Å²) >= 11 is 3.12. The van der Waals surface area contributed by atoms with Gasteiger partial charge in [-0.05, 0) is 34.1 Å². The van der Waals surface area contributed by atoms with E-state index in [0.29, 0.717) is 34.7 Å². The third-order valence-electron chi connectivity index (χ3n) is 2.64. The third kappa shape index (κ3) is 3.37. The lowest BCUT2D eigenvalue weighted by molar-refractivity contribution is 0.102. The third-order valence-corrected chi connectivity index (χ3v) is 3.25. The van der Waals surface area contributed by atoms with Gasteiger partial charge >= 0.3 is 0 Å². The van der Waals surface area contributed by atoms with Crippen molar-refractivity contribution in [2.45, 2.75) is 12.5 Å². The predicted molar refractivity (Wildman–Crippen MR) is 70.9 cm³/mol. The second kappa shape index (κ2) is 6.23. The molecule has 0 aliphatic rings. The molecule has 7 heteroatoms. The molecule has 2 aromatic rings. The second-order valence-electron chi connectivity index (χ2n) is 3.94. The summed E-state index contributed by atoms with van der Waals surface area (Å²) in [5.41, 5.74) is 6.19. The number of hydrogen-bond donors (Lipinski definition) is 1. The van der Waals surface area contributed by atoms with E-state index in [0.717, 1.165) is 0 Å². The number of halogens is 2. The first-order valence-corrected chi connectivity index (χ1v) is 6.44. The van der Waals surface area contributed by atoms with Gasteiger partial charge in [0, 0.05) is 19.2 Å². The zero-order chi connectivity index (χ0) is 13.8. The van der Waals surface area contributed by atoms with Gasteiger partial charge in [0.2, 0.25) is 11.7 Å². The smallest absolute Gasteiger partial charge is 0.229 e. The summed E-state index contributed by atoms with van der Waals surface area (Å²) in [6.45, 7) is 0.371. The number of aromatic nitrogens is 2. The molecule has 0 saturated carbocycles. The Bertz CT molecular complexity index is 558. The molecule has 0 spiro atoms. The highest BCUT2D eigenvalue weighted by molar-refractivity contribution is 9.10. The standard InChI is InChI=1S/C12H13BrFN3O2/c1-18-8(6-15)5-11-16-12(17-19-11)7-2-3-10(14)9(13)4-7/h2-4,8H,5-6,15H2,1H3. The van der Waals surface area contributed by atoms with Gasteiger partial charge in [-0.1, -0.05) is 5.16 Å². The number of ether oxygens (including phenoxy) is 1. The Morgan fingerprint density at radius 1 is 1.53 bits per heavy atom. The molecule has 5 nitrogen and oxygen atoms in total. The topological polar surface area (TPSA) is 74.2 Å². The van der Waals surface area contributed by atoms with Crippen molar-refractivity contribution in [3.8, 4) is 11.4 Å². The van der Waals surface area contributed by atoms with E-state index in [2.05, 4.69) is 26.1 Å². The maximum absolute atomic E-state index is 13.1. The van der Waals surface area contributed by atoms with Crippen LogP contribution in [-0.2, 0) is 11.2 Å². The maximum Gasteiger partial charge on any atom is 0.229 e. The van der Waals surface area contributed by atoms with Crippen molar-refractivity contribution in [2.75, 3.05) is 13.7 Å². The second-order valence-corrected chi connectivity index (χ2v) is 4.79. The summed E-state index contributed by atoms with van der Waals surface area (Å²) < 4.78 is 23.8. The van der Waals surface area contributed by atoms with E-state index < -0.39 is 0 Å². The van der Waals surface area contributed by atoms with E-state index in [1.165, 1.54) is 6.07 Å². The summed E-state index contributed by atoms with van der Waals surface area (Å²) in [7, 11) is 1.58. The van der Waals surface area contributed by atoms with Crippen molar-refractivity contribution in [1.82, 2.24) is 10.1 Å². The Morgan fingerprint density at radius 2 is 2.32 bits per heavy atom. The number of nitrogens with two attached hydrogens (primary N) is 1. The lowest BCUT2D eigenvalue weighted by Gasteiger charge is -2.08. The lowest BCUT2D eigenvalue weighted by atomic mass is 10.2. The summed E-state index contributed by atoms with van der Waals surface area (Å²) in [5.74, 6) is 0.505. The first kappa shape index (κ1) is 14.1. The molecule has 102 valence electrons. The number of hydrogen-bond acceptors (Lipinski definition) is 5. The van der Waals surface area contributed by atoms with Crippen LogP contribution in [-0.4, -0.2) is 29.9 Å². The van der Waals surface area contributed by atoms with Crippen molar-refractivity contribution in [2.24, 2.45) is 5.73 Å². The normalized spacial score (nSPS) is 12.6. The minimum Gasteiger partial charge on any atom is -0.380 e. The molecule has 0 fully saturated rings. The number of methoxy groups -OCH3 is 1. The highest BCUT2D eigenvalue weighted by Crippen LogP contribution is 2.23. The van der Waals surface area contributed by atoms with Gasteiger partial charge in [-0.2, -0.15) is 4.98 Å². The van der Waals surface area contributed by atoms with Crippen LogP contribution >= 0.6 is 15.9 Å². The molecule has 0 radical (unpaired) electrons. The molecule has 0 aliphatic carbocycles. The molecule has 0 aliphatic heterocycles. The van der Waals surface area contributed by atoms with Crippen molar-refractivity contribution in [1.29, 1.82) is 0 Å². The Labute approximate surface area is 118 Å². The molecule has 1 atom stereocenters. The van der Waals surface area contributed by atoms with Crippen molar-refractivity contribution in [3.63, 3.8) is 0 Å². The molecule has 1 aromatic carbocycles. The minimum absolute atomic E-state index is 0.159. The number of rotatable bonds is 5. The Kier molecular flexibility index (Phi) is 4.62. The zero-order valence-corrected chi connectivity index (χ0v) is 11.9. The zero-order valence-electron chi connectivity index (χ0n) is 10.3. The van der Waals surface area contributed by atoms with Gasteiger partial charge in [-0.25, -0.2) is 4.39 Å². The van der Waals surface area contributed by atoms with Crippen molar-refractivity contribution >= 4 is 15.9 Å². The SMILES string of the molecule is COC(CN)Cc1nc(-c2ccc(F)c(Br)c2)no1. The van der Waals surface area contributed by atoms with Crippen LogP contribution in [0.1, 0.15) is 5.89 Å². The van der Waals surface area contributed by atoms with Gasteiger partial charge in [0.1, 0.15) is 5.82 Å². The number of benzene rings is 1. The fourth-order valence-corrected chi connectivity index (χ4v) is 1.93. The van der Waals surface area contributed by atoms with Gasteiger partial charge in [-0.3, -0.25) is 0 Å². The van der Waals surface area contributed by atoms with Gasteiger partial charge in [0.05, 0.1) is 17.0 Å². The molecule has 1 heterocycles. The molecule has 0 bridgehead atoms. The fraction of sp³-hybridized carbons (Fsp3) is 0.333. The van der Waals surface area contributed by atoms with Crippen LogP contribution in [0.5, 0.6) is 0 Å². The maximum atomic E-state index is 13.1. The average Bonchev–Trinajstić information content (AvgIpc) is 2.87. The molecule has 1 unspecified atom stereocenters. The average molecular weight is 330 g/mol. The minimum atomic E-state index is -0.338. The lowest BCUT2D eigenvalue weighted by Crippen LogP contribution is -2.24. The Balaban J connectivity index is 2.18. The van der Waals surface area contributed by atoms with Crippen LogP contribution in [0.4, 0.5) is 4.39 Å². The van der Waals surface area contributed by atoms with Gasteiger partial charge in [-0.15, -0.1) is 0 Å². The van der Waals surface area contributed by atoms with E-state index in [-0.39, 0.29) is 11.9 Å². The van der Waals surface area contributed by atoms with Crippen molar-refractivity contribution in [3.05, 3.63) is 34.4 Å². The molecule has 2 N–H and O–H groups in total. The predicted octanol–water partition coefficient (Wildman–Crippen LogP) is 2.15. The van der Waals surface area contributed by atoms with E-state index in [1.54, 1.807) is 19.2 Å². The van der Waals surface area contributed by atoms with Crippen LogP contribution in [0.15, 0.2) is 27.2 Å². The molecule has 19 heavy (non-hydrogen) atoms. The molecular weight excluding hydrogens is 317 g/mol. The highest BCUT2D eigenvalue weighted by atomic mass is 79.9.